The lowest BCUT2D eigenvalue weighted by molar-refractivity contribution is -0.143. The van der Waals surface area contributed by atoms with Crippen molar-refractivity contribution in [2.24, 2.45) is 5.41 Å². The fourth-order valence-electron chi connectivity index (χ4n) is 5.40. The van der Waals surface area contributed by atoms with E-state index in [2.05, 4.69) is 4.98 Å². The number of fused-ring (bicyclic) bond motifs is 1. The second-order valence-corrected chi connectivity index (χ2v) is 10.5. The number of anilines is 1. The maximum absolute atomic E-state index is 16.1. The average molecular weight is 579 g/mol. The molecule has 222 valence electrons. The van der Waals surface area contributed by atoms with Crippen LogP contribution in [-0.4, -0.2) is 68.4 Å². The van der Waals surface area contributed by atoms with Crippen molar-refractivity contribution in [1.29, 1.82) is 0 Å². The molecule has 12 heteroatoms. The van der Waals surface area contributed by atoms with Gasteiger partial charge in [0.1, 0.15) is 24.3 Å². The number of hydroxylamine groups is 1. The Morgan fingerprint density at radius 3 is 2.46 bits per heavy atom. The molecule has 2 N–H and O–H groups in total. The number of nitrogens with zero attached hydrogens (tertiary/aromatic N) is 3. The number of hydrogen-bond acceptors (Lipinski definition) is 7. The van der Waals surface area contributed by atoms with Gasteiger partial charge in [-0.2, -0.15) is 0 Å². The Morgan fingerprint density at radius 2 is 1.85 bits per heavy atom. The molecule has 1 unspecified atom stereocenters. The van der Waals surface area contributed by atoms with Crippen LogP contribution in [0, 0.1) is 22.9 Å². The molecule has 1 saturated heterocycles. The van der Waals surface area contributed by atoms with Crippen molar-refractivity contribution in [2.75, 3.05) is 52.3 Å². The van der Waals surface area contributed by atoms with Crippen molar-refractivity contribution in [1.82, 2.24) is 15.4 Å². The standard InChI is InChI=1S/C29H34F4N4O4/c1-36(2)25-17-34-24-5-4-19(40-3)16-20(24)26(25)21(31)6-7-29(28(38)35-39)8-10-37(11-9-29)12-13-41-27-22(32)14-18(30)15-23(27)33/h4-5,14-17,21,39H,6-13H2,1-3H3,(H,35,38). The monoisotopic (exact) mass is 578 g/mol. The fourth-order valence-corrected chi connectivity index (χ4v) is 5.40. The first kappa shape index (κ1) is 30.3. The Hall–Kier alpha value is -3.64. The van der Waals surface area contributed by atoms with E-state index in [1.54, 1.807) is 48.9 Å². The molecule has 3 aromatic rings. The third-order valence-electron chi connectivity index (χ3n) is 7.78. The van der Waals surface area contributed by atoms with E-state index in [-0.39, 0.29) is 19.4 Å². The molecule has 8 nitrogen and oxygen atoms in total. The first-order valence-electron chi connectivity index (χ1n) is 13.3. The van der Waals surface area contributed by atoms with Gasteiger partial charge in [-0.3, -0.25) is 19.9 Å². The van der Waals surface area contributed by atoms with Gasteiger partial charge in [-0.25, -0.2) is 23.0 Å². The topological polar surface area (TPSA) is 87.2 Å². The lowest BCUT2D eigenvalue weighted by Crippen LogP contribution is -2.49. The molecule has 1 aliphatic heterocycles. The first-order chi connectivity index (χ1) is 19.6. The van der Waals surface area contributed by atoms with E-state index >= 15 is 4.39 Å². The van der Waals surface area contributed by atoms with E-state index in [1.165, 1.54) is 7.11 Å². The second kappa shape index (κ2) is 12.9. The lowest BCUT2D eigenvalue weighted by atomic mass is 9.73. The number of alkyl halides is 1. The summed E-state index contributed by atoms with van der Waals surface area (Å²) < 4.78 is 67.5. The molecular weight excluding hydrogens is 544 g/mol. The Labute approximate surface area is 235 Å². The molecular formula is C29H34F4N4O4. The number of carbonyl (C=O) groups is 1. The van der Waals surface area contributed by atoms with Gasteiger partial charge < -0.3 is 14.4 Å². The Bertz CT molecular complexity index is 1360. The van der Waals surface area contributed by atoms with Crippen LogP contribution in [0.15, 0.2) is 36.5 Å². The minimum absolute atomic E-state index is 0.0246. The summed E-state index contributed by atoms with van der Waals surface area (Å²) in [6.07, 6.45) is 1.06. The van der Waals surface area contributed by atoms with Crippen molar-refractivity contribution < 1.29 is 37.0 Å². The summed E-state index contributed by atoms with van der Waals surface area (Å²) >= 11 is 0. The summed E-state index contributed by atoms with van der Waals surface area (Å²) in [5.41, 5.74) is 2.43. The van der Waals surface area contributed by atoms with Gasteiger partial charge in [-0.15, -0.1) is 0 Å². The van der Waals surface area contributed by atoms with Crippen LogP contribution >= 0.6 is 0 Å². The first-order valence-corrected chi connectivity index (χ1v) is 13.3. The maximum Gasteiger partial charge on any atom is 0.249 e. The van der Waals surface area contributed by atoms with Crippen molar-refractivity contribution in [2.45, 2.75) is 31.9 Å². The highest BCUT2D eigenvalue weighted by atomic mass is 19.1. The Balaban J connectivity index is 1.44. The summed E-state index contributed by atoms with van der Waals surface area (Å²) in [5.74, 6) is -3.94. The maximum atomic E-state index is 16.1. The molecule has 1 amide bonds. The van der Waals surface area contributed by atoms with E-state index in [1.807, 2.05) is 4.90 Å². The van der Waals surface area contributed by atoms with E-state index < -0.39 is 40.7 Å². The van der Waals surface area contributed by atoms with E-state index in [4.69, 9.17) is 9.47 Å². The minimum atomic E-state index is -1.43. The predicted octanol–water partition coefficient (Wildman–Crippen LogP) is 5.18. The van der Waals surface area contributed by atoms with Gasteiger partial charge in [0.15, 0.2) is 17.4 Å². The van der Waals surface area contributed by atoms with Crippen LogP contribution in [0.2, 0.25) is 0 Å². The zero-order valence-corrected chi connectivity index (χ0v) is 23.2. The average Bonchev–Trinajstić information content (AvgIpc) is 2.96. The van der Waals surface area contributed by atoms with Gasteiger partial charge in [0.25, 0.3) is 0 Å². The van der Waals surface area contributed by atoms with Gasteiger partial charge >= 0.3 is 0 Å². The lowest BCUT2D eigenvalue weighted by Gasteiger charge is -2.40. The third kappa shape index (κ3) is 6.65. The van der Waals surface area contributed by atoms with Crippen molar-refractivity contribution in [3.63, 3.8) is 0 Å². The molecule has 2 aromatic carbocycles. The highest BCUT2D eigenvalue weighted by Crippen LogP contribution is 2.43. The summed E-state index contributed by atoms with van der Waals surface area (Å²) in [4.78, 5) is 21.0. The number of nitrogens with one attached hydrogen (secondary N) is 1. The molecule has 1 aliphatic rings. The number of piperidine rings is 1. The van der Waals surface area contributed by atoms with Crippen molar-refractivity contribution in [3.8, 4) is 11.5 Å². The summed E-state index contributed by atoms with van der Waals surface area (Å²) in [6.45, 7) is 1.08. The summed E-state index contributed by atoms with van der Waals surface area (Å²) in [5, 5.41) is 10.1. The second-order valence-electron chi connectivity index (χ2n) is 10.5. The van der Waals surface area contributed by atoms with Crippen LogP contribution in [-0.2, 0) is 4.79 Å². The number of hydrogen-bond donors (Lipinski definition) is 2. The normalized spacial score (nSPS) is 15.9. The predicted molar refractivity (Wildman–Crippen MR) is 146 cm³/mol. The van der Waals surface area contributed by atoms with E-state index in [9.17, 15) is 23.2 Å². The number of aromatic nitrogens is 1. The zero-order chi connectivity index (χ0) is 29.7. The highest BCUT2D eigenvalue weighted by Gasteiger charge is 2.42. The van der Waals surface area contributed by atoms with Gasteiger partial charge in [0.2, 0.25) is 5.91 Å². The molecule has 0 radical (unpaired) electrons. The number of methoxy groups -OCH3 is 1. The van der Waals surface area contributed by atoms with Crippen LogP contribution in [0.5, 0.6) is 11.5 Å². The molecule has 1 fully saturated rings. The Morgan fingerprint density at radius 1 is 1.17 bits per heavy atom. The summed E-state index contributed by atoms with van der Waals surface area (Å²) in [7, 11) is 5.14. The smallest absolute Gasteiger partial charge is 0.249 e. The fraction of sp³-hybridized carbons (Fsp3) is 0.448. The molecule has 0 bridgehead atoms. The van der Waals surface area contributed by atoms with Crippen LogP contribution in [0.4, 0.5) is 23.2 Å². The number of pyridine rings is 1. The zero-order valence-electron chi connectivity index (χ0n) is 23.2. The number of ether oxygens (including phenoxy) is 2. The third-order valence-corrected chi connectivity index (χ3v) is 7.78. The van der Waals surface area contributed by atoms with Crippen molar-refractivity contribution in [3.05, 3.63) is 59.5 Å². The molecule has 4 rings (SSSR count). The minimum Gasteiger partial charge on any atom is -0.497 e. The summed E-state index contributed by atoms with van der Waals surface area (Å²) in [6, 6.07) is 6.37. The van der Waals surface area contributed by atoms with Crippen LogP contribution in [0.25, 0.3) is 10.9 Å². The highest BCUT2D eigenvalue weighted by molar-refractivity contribution is 5.88. The number of carbonyl (C=O) groups excluding carboxylic acids is 1. The molecule has 1 aromatic heterocycles. The van der Waals surface area contributed by atoms with E-state index in [0.717, 1.165) is 0 Å². The number of likely N-dealkylation sites (tertiary alicyclic amines) is 1. The molecule has 0 saturated carbocycles. The number of rotatable bonds is 11. The van der Waals surface area contributed by atoms with Gasteiger partial charge in [0, 0.05) is 43.7 Å². The number of amides is 1. The van der Waals surface area contributed by atoms with Gasteiger partial charge in [-0.1, -0.05) is 0 Å². The molecule has 1 atom stereocenters. The molecule has 2 heterocycles. The number of benzene rings is 2. The van der Waals surface area contributed by atoms with E-state index in [0.29, 0.717) is 72.5 Å². The number of halogens is 4. The van der Waals surface area contributed by atoms with Crippen LogP contribution in [0.1, 0.15) is 37.4 Å². The van der Waals surface area contributed by atoms with Gasteiger partial charge in [0.05, 0.1) is 29.9 Å². The Kier molecular flexibility index (Phi) is 9.54. The largest absolute Gasteiger partial charge is 0.497 e. The molecule has 0 aliphatic carbocycles. The van der Waals surface area contributed by atoms with Crippen LogP contribution in [0.3, 0.4) is 0 Å². The molecule has 41 heavy (non-hydrogen) atoms. The molecule has 0 spiro atoms. The SMILES string of the molecule is COc1ccc2ncc(N(C)C)c(C(F)CCC3(C(=O)NO)CCN(CCOc4c(F)cc(F)cc4F)CC3)c2c1. The van der Waals surface area contributed by atoms with Crippen molar-refractivity contribution >= 4 is 22.5 Å². The quantitative estimate of drug-likeness (QED) is 0.184. The van der Waals surface area contributed by atoms with Crippen LogP contribution < -0.4 is 19.9 Å². The van der Waals surface area contributed by atoms with Gasteiger partial charge in [-0.05, 0) is 57.0 Å².